The molecule has 0 aliphatic heterocycles. The zero-order valence-electron chi connectivity index (χ0n) is 10.9. The molecule has 116 valence electrons. The van der Waals surface area contributed by atoms with Crippen LogP contribution in [0.25, 0.3) is 0 Å². The summed E-state index contributed by atoms with van der Waals surface area (Å²) in [4.78, 5) is 19.4. The number of benzene rings is 1. The van der Waals surface area contributed by atoms with Gasteiger partial charge in [-0.25, -0.2) is 27.5 Å². The standard InChI is InChI=1S/C13H9F4N3OS/c14-7-6-8(15)11(17)12(10(7)16)20-9(21)2-5-22-13-18-3-1-4-19-13/h1,3-4,6H,2,5H2,(H,20,21). The van der Waals surface area contributed by atoms with E-state index in [1.165, 1.54) is 12.4 Å². The molecular formula is C13H9F4N3OS. The molecule has 0 saturated heterocycles. The number of carbonyl (C=O) groups excluding carboxylic acids is 1. The lowest BCUT2D eigenvalue weighted by Gasteiger charge is -2.08. The average Bonchev–Trinajstić information content (AvgIpc) is 2.51. The first kappa shape index (κ1) is 16.2. The van der Waals surface area contributed by atoms with Crippen LogP contribution in [-0.2, 0) is 4.79 Å². The fourth-order valence-electron chi connectivity index (χ4n) is 1.48. The summed E-state index contributed by atoms with van der Waals surface area (Å²) in [5.74, 6) is -7.01. The molecule has 2 aromatic rings. The molecule has 2 rings (SSSR count). The molecule has 0 aliphatic carbocycles. The molecule has 0 atom stereocenters. The Kier molecular flexibility index (Phi) is 5.31. The van der Waals surface area contributed by atoms with E-state index in [2.05, 4.69) is 9.97 Å². The van der Waals surface area contributed by atoms with Crippen molar-refractivity contribution in [3.05, 3.63) is 47.8 Å². The first-order valence-electron chi connectivity index (χ1n) is 6.01. The Morgan fingerprint density at radius 1 is 1.09 bits per heavy atom. The van der Waals surface area contributed by atoms with Crippen LogP contribution in [-0.4, -0.2) is 21.6 Å². The van der Waals surface area contributed by atoms with Gasteiger partial charge < -0.3 is 5.32 Å². The van der Waals surface area contributed by atoms with Crippen LogP contribution in [0.4, 0.5) is 23.2 Å². The number of nitrogens with zero attached hydrogens (tertiary/aromatic N) is 2. The Morgan fingerprint density at radius 2 is 1.68 bits per heavy atom. The van der Waals surface area contributed by atoms with Crippen molar-refractivity contribution in [1.82, 2.24) is 9.97 Å². The van der Waals surface area contributed by atoms with Gasteiger partial charge in [0.25, 0.3) is 0 Å². The monoisotopic (exact) mass is 331 g/mol. The highest BCUT2D eigenvalue weighted by molar-refractivity contribution is 7.99. The SMILES string of the molecule is O=C(CCSc1ncccn1)Nc1c(F)c(F)cc(F)c1F. The lowest BCUT2D eigenvalue weighted by atomic mass is 10.2. The van der Waals surface area contributed by atoms with Crippen LogP contribution < -0.4 is 5.32 Å². The van der Waals surface area contributed by atoms with Gasteiger partial charge in [-0.15, -0.1) is 0 Å². The summed E-state index contributed by atoms with van der Waals surface area (Å²) in [6.45, 7) is 0. The highest BCUT2D eigenvalue weighted by Crippen LogP contribution is 2.24. The van der Waals surface area contributed by atoms with Gasteiger partial charge in [0, 0.05) is 30.6 Å². The number of amides is 1. The number of anilines is 1. The summed E-state index contributed by atoms with van der Waals surface area (Å²) >= 11 is 1.16. The van der Waals surface area contributed by atoms with E-state index < -0.39 is 34.9 Å². The molecule has 0 spiro atoms. The minimum absolute atomic E-state index is 0.0723. The van der Waals surface area contributed by atoms with E-state index in [1.54, 1.807) is 6.07 Å². The molecule has 1 N–H and O–H groups in total. The molecule has 1 amide bonds. The van der Waals surface area contributed by atoms with Crippen molar-refractivity contribution in [1.29, 1.82) is 0 Å². The quantitative estimate of drug-likeness (QED) is 0.396. The second-order valence-corrected chi connectivity index (χ2v) is 5.08. The summed E-state index contributed by atoms with van der Waals surface area (Å²) in [6, 6.07) is 1.70. The highest BCUT2D eigenvalue weighted by atomic mass is 32.2. The average molecular weight is 331 g/mol. The lowest BCUT2D eigenvalue weighted by molar-refractivity contribution is -0.115. The number of hydrogen-bond donors (Lipinski definition) is 1. The first-order valence-corrected chi connectivity index (χ1v) is 7.00. The number of nitrogens with one attached hydrogen (secondary N) is 1. The van der Waals surface area contributed by atoms with Gasteiger partial charge in [-0.05, 0) is 6.07 Å². The Morgan fingerprint density at radius 3 is 2.27 bits per heavy atom. The molecule has 4 nitrogen and oxygen atoms in total. The molecule has 0 radical (unpaired) electrons. The van der Waals surface area contributed by atoms with Crippen molar-refractivity contribution in [2.75, 3.05) is 11.1 Å². The first-order chi connectivity index (χ1) is 10.5. The van der Waals surface area contributed by atoms with Gasteiger partial charge in [-0.3, -0.25) is 4.79 Å². The Hall–Kier alpha value is -2.16. The third-order valence-corrected chi connectivity index (χ3v) is 3.36. The summed E-state index contributed by atoms with van der Waals surface area (Å²) in [5, 5.41) is 2.26. The lowest BCUT2D eigenvalue weighted by Crippen LogP contribution is -2.16. The van der Waals surface area contributed by atoms with Crippen molar-refractivity contribution in [3.63, 3.8) is 0 Å². The number of carbonyl (C=O) groups is 1. The Bertz CT molecular complexity index is 658. The molecule has 22 heavy (non-hydrogen) atoms. The number of hydrogen-bond acceptors (Lipinski definition) is 4. The van der Waals surface area contributed by atoms with Crippen molar-refractivity contribution < 1.29 is 22.4 Å². The maximum atomic E-state index is 13.4. The van der Waals surface area contributed by atoms with E-state index >= 15 is 0 Å². The van der Waals surface area contributed by atoms with Crippen LogP contribution in [0.3, 0.4) is 0 Å². The van der Waals surface area contributed by atoms with Gasteiger partial charge in [0.1, 0.15) is 5.69 Å². The Balaban J connectivity index is 1.95. The van der Waals surface area contributed by atoms with Crippen LogP contribution in [0.15, 0.2) is 29.7 Å². The number of aromatic nitrogens is 2. The predicted molar refractivity (Wildman–Crippen MR) is 72.3 cm³/mol. The van der Waals surface area contributed by atoms with E-state index in [9.17, 15) is 22.4 Å². The van der Waals surface area contributed by atoms with Crippen molar-refractivity contribution >= 4 is 23.4 Å². The van der Waals surface area contributed by atoms with Crippen molar-refractivity contribution in [3.8, 4) is 0 Å². The Labute approximate surface area is 127 Å². The largest absolute Gasteiger partial charge is 0.321 e. The van der Waals surface area contributed by atoms with Crippen LogP contribution >= 0.6 is 11.8 Å². The van der Waals surface area contributed by atoms with Crippen LogP contribution in [0, 0.1) is 23.3 Å². The van der Waals surface area contributed by atoms with Gasteiger partial charge >= 0.3 is 0 Å². The highest BCUT2D eigenvalue weighted by Gasteiger charge is 2.20. The van der Waals surface area contributed by atoms with Crippen LogP contribution in [0.5, 0.6) is 0 Å². The molecule has 0 saturated carbocycles. The van der Waals surface area contributed by atoms with Gasteiger partial charge in [0.2, 0.25) is 5.91 Å². The van der Waals surface area contributed by atoms with E-state index in [0.29, 0.717) is 5.16 Å². The van der Waals surface area contributed by atoms with E-state index in [0.717, 1.165) is 11.8 Å². The fraction of sp³-hybridized carbons (Fsp3) is 0.154. The zero-order valence-corrected chi connectivity index (χ0v) is 11.8. The maximum Gasteiger partial charge on any atom is 0.225 e. The molecule has 1 aromatic heterocycles. The second-order valence-electron chi connectivity index (χ2n) is 4.02. The fourth-order valence-corrected chi connectivity index (χ4v) is 2.22. The maximum absolute atomic E-state index is 13.4. The summed E-state index contributed by atoms with van der Waals surface area (Å²) in [6.07, 6.45) is 2.91. The molecular weight excluding hydrogens is 322 g/mol. The normalized spacial score (nSPS) is 10.5. The van der Waals surface area contributed by atoms with Crippen molar-refractivity contribution in [2.24, 2.45) is 0 Å². The number of halogens is 4. The number of rotatable bonds is 5. The number of thioether (sulfide) groups is 1. The van der Waals surface area contributed by atoms with Crippen LogP contribution in [0.2, 0.25) is 0 Å². The topological polar surface area (TPSA) is 54.9 Å². The third-order valence-electron chi connectivity index (χ3n) is 2.48. The molecule has 9 heteroatoms. The minimum atomic E-state index is -1.65. The molecule has 1 aromatic carbocycles. The molecule has 0 bridgehead atoms. The summed E-state index contributed by atoms with van der Waals surface area (Å²) in [7, 11) is 0. The van der Waals surface area contributed by atoms with Gasteiger partial charge in [0.05, 0.1) is 0 Å². The van der Waals surface area contributed by atoms with Crippen LogP contribution in [0.1, 0.15) is 6.42 Å². The van der Waals surface area contributed by atoms with Gasteiger partial charge in [-0.2, -0.15) is 0 Å². The second kappa shape index (κ2) is 7.21. The summed E-state index contributed by atoms with van der Waals surface area (Å²) in [5.41, 5.74) is -1.14. The van der Waals surface area contributed by atoms with E-state index in [4.69, 9.17) is 0 Å². The molecule has 1 heterocycles. The smallest absolute Gasteiger partial charge is 0.225 e. The van der Waals surface area contributed by atoms with E-state index in [1.807, 2.05) is 5.32 Å². The zero-order chi connectivity index (χ0) is 16.1. The molecule has 0 aliphatic rings. The minimum Gasteiger partial charge on any atom is -0.321 e. The summed E-state index contributed by atoms with van der Waals surface area (Å²) < 4.78 is 52.7. The predicted octanol–water partition coefficient (Wildman–Crippen LogP) is 3.15. The third kappa shape index (κ3) is 3.94. The van der Waals surface area contributed by atoms with Gasteiger partial charge in [-0.1, -0.05) is 11.8 Å². The van der Waals surface area contributed by atoms with E-state index in [-0.39, 0.29) is 18.2 Å². The molecule has 0 fully saturated rings. The van der Waals surface area contributed by atoms with Gasteiger partial charge in [0.15, 0.2) is 28.4 Å². The molecule has 0 unspecified atom stereocenters. The van der Waals surface area contributed by atoms with Crippen molar-refractivity contribution in [2.45, 2.75) is 11.6 Å².